The molecule has 0 aromatic heterocycles. The fourth-order valence-electron chi connectivity index (χ4n) is 2.96. The normalized spacial score (nSPS) is 20.2. The first-order valence-electron chi connectivity index (χ1n) is 7.96. The highest BCUT2D eigenvalue weighted by Gasteiger charge is 2.36. The van der Waals surface area contributed by atoms with Crippen molar-refractivity contribution in [3.05, 3.63) is 70.8 Å². The summed E-state index contributed by atoms with van der Waals surface area (Å²) in [6, 6.07) is 18.0. The van der Waals surface area contributed by atoms with Crippen molar-refractivity contribution in [2.45, 2.75) is 11.4 Å². The number of carbonyl (C=O) groups is 1. The van der Waals surface area contributed by atoms with Crippen molar-refractivity contribution >= 4 is 40.3 Å². The molecule has 126 valence electrons. The number of carbonyl (C=O) groups excluding carboxylic acids is 1. The van der Waals surface area contributed by atoms with Crippen LogP contribution in [0.5, 0.6) is 0 Å². The Morgan fingerprint density at radius 2 is 1.80 bits per heavy atom. The van der Waals surface area contributed by atoms with Crippen LogP contribution < -0.4 is 4.90 Å². The van der Waals surface area contributed by atoms with Gasteiger partial charge in [-0.05, 0) is 29.5 Å². The molecule has 1 saturated heterocycles. The molecule has 4 nitrogen and oxygen atoms in total. The lowest BCUT2D eigenvalue weighted by Crippen LogP contribution is -2.30. The van der Waals surface area contributed by atoms with Crippen LogP contribution in [0.3, 0.4) is 0 Å². The monoisotopic (exact) mass is 367 g/mol. The fourth-order valence-corrected chi connectivity index (χ4v) is 5.19. The van der Waals surface area contributed by atoms with Gasteiger partial charge in [0.2, 0.25) is 0 Å². The number of amidine groups is 1. The smallest absolute Gasteiger partial charge is 0.268 e. The molecule has 2 aromatic rings. The standard InChI is InChI=1S/C19H17N3OS2/c1-21-14-9-5-6-10-16(14)24-12-15(21)17-18(23)22(19(20)25-17)11-13-7-3-2-4-8-13/h2-10,20H,11-12H2,1H3. The summed E-state index contributed by atoms with van der Waals surface area (Å²) < 4.78 is 0. The van der Waals surface area contributed by atoms with Crippen LogP contribution in [0.2, 0.25) is 0 Å². The van der Waals surface area contributed by atoms with Gasteiger partial charge in [-0.25, -0.2) is 0 Å². The van der Waals surface area contributed by atoms with Gasteiger partial charge in [-0.15, -0.1) is 11.8 Å². The molecule has 0 bridgehead atoms. The Morgan fingerprint density at radius 3 is 2.60 bits per heavy atom. The molecule has 2 aliphatic heterocycles. The topological polar surface area (TPSA) is 47.4 Å². The Balaban J connectivity index is 1.64. The average molecular weight is 367 g/mol. The van der Waals surface area contributed by atoms with E-state index in [9.17, 15) is 4.79 Å². The number of para-hydroxylation sites is 1. The number of amides is 1. The molecule has 0 radical (unpaired) electrons. The zero-order valence-electron chi connectivity index (χ0n) is 13.7. The van der Waals surface area contributed by atoms with Crippen LogP contribution in [0.1, 0.15) is 5.56 Å². The van der Waals surface area contributed by atoms with Crippen molar-refractivity contribution in [3.63, 3.8) is 0 Å². The second-order valence-electron chi connectivity index (χ2n) is 5.88. The Hall–Kier alpha value is -2.18. The summed E-state index contributed by atoms with van der Waals surface area (Å²) in [7, 11) is 2.00. The van der Waals surface area contributed by atoms with E-state index in [1.54, 1.807) is 16.7 Å². The number of thioether (sulfide) groups is 2. The van der Waals surface area contributed by atoms with Crippen LogP contribution in [-0.2, 0) is 11.3 Å². The number of benzene rings is 2. The number of hydrogen-bond acceptors (Lipinski definition) is 5. The minimum Gasteiger partial charge on any atom is -0.345 e. The number of rotatable bonds is 2. The molecule has 2 heterocycles. The summed E-state index contributed by atoms with van der Waals surface area (Å²) in [6.45, 7) is 0.440. The fraction of sp³-hybridized carbons (Fsp3) is 0.158. The van der Waals surface area contributed by atoms with Crippen molar-refractivity contribution in [1.82, 2.24) is 4.90 Å². The second kappa shape index (κ2) is 6.61. The first kappa shape index (κ1) is 16.3. The summed E-state index contributed by atoms with van der Waals surface area (Å²) in [5.41, 5.74) is 3.13. The summed E-state index contributed by atoms with van der Waals surface area (Å²) >= 11 is 3.01. The minimum atomic E-state index is -0.0688. The molecule has 1 amide bonds. The van der Waals surface area contributed by atoms with Gasteiger partial charge in [0.15, 0.2) is 5.17 Å². The maximum Gasteiger partial charge on any atom is 0.268 e. The van der Waals surface area contributed by atoms with E-state index in [-0.39, 0.29) is 5.91 Å². The van der Waals surface area contributed by atoms with Crippen molar-refractivity contribution in [2.75, 3.05) is 17.7 Å². The van der Waals surface area contributed by atoms with Gasteiger partial charge in [-0.2, -0.15) is 0 Å². The summed E-state index contributed by atoms with van der Waals surface area (Å²) in [4.78, 5) is 18.5. The lowest BCUT2D eigenvalue weighted by molar-refractivity contribution is -0.122. The highest BCUT2D eigenvalue weighted by atomic mass is 32.2. The molecule has 4 rings (SSSR count). The van der Waals surface area contributed by atoms with Gasteiger partial charge in [-0.3, -0.25) is 15.1 Å². The van der Waals surface area contributed by atoms with Gasteiger partial charge in [0.1, 0.15) is 4.91 Å². The van der Waals surface area contributed by atoms with E-state index in [0.717, 1.165) is 22.7 Å². The third-order valence-electron chi connectivity index (χ3n) is 4.32. The van der Waals surface area contributed by atoms with E-state index in [2.05, 4.69) is 17.0 Å². The van der Waals surface area contributed by atoms with Gasteiger partial charge in [0, 0.05) is 23.4 Å². The molecule has 0 spiro atoms. The minimum absolute atomic E-state index is 0.0688. The Bertz CT molecular complexity index is 879. The number of hydrogen-bond donors (Lipinski definition) is 1. The van der Waals surface area contributed by atoms with Crippen LogP contribution in [0.25, 0.3) is 0 Å². The lowest BCUT2D eigenvalue weighted by atomic mass is 10.2. The lowest BCUT2D eigenvalue weighted by Gasteiger charge is -2.30. The SMILES string of the molecule is CN1C(=C2SC(=N)N(Cc3ccccc3)C2=O)CSc2ccccc21. The van der Waals surface area contributed by atoms with Gasteiger partial charge in [0.25, 0.3) is 5.91 Å². The van der Waals surface area contributed by atoms with E-state index >= 15 is 0 Å². The first-order chi connectivity index (χ1) is 12.1. The van der Waals surface area contributed by atoms with E-state index in [1.807, 2.05) is 49.5 Å². The van der Waals surface area contributed by atoms with Crippen LogP contribution in [-0.4, -0.2) is 28.8 Å². The van der Waals surface area contributed by atoms with Crippen molar-refractivity contribution in [2.24, 2.45) is 0 Å². The summed E-state index contributed by atoms with van der Waals surface area (Å²) in [6.07, 6.45) is 0. The summed E-state index contributed by atoms with van der Waals surface area (Å²) in [5.74, 6) is 0.675. The largest absolute Gasteiger partial charge is 0.345 e. The Kier molecular flexibility index (Phi) is 4.31. The van der Waals surface area contributed by atoms with Gasteiger partial charge in [-0.1, -0.05) is 42.5 Å². The molecular formula is C19H17N3OS2. The van der Waals surface area contributed by atoms with Crippen LogP contribution in [0.4, 0.5) is 5.69 Å². The molecule has 1 N–H and O–H groups in total. The number of nitrogens with zero attached hydrogens (tertiary/aromatic N) is 2. The molecule has 25 heavy (non-hydrogen) atoms. The zero-order chi connectivity index (χ0) is 17.4. The molecule has 0 aliphatic carbocycles. The Labute approximate surface area is 155 Å². The predicted molar refractivity (Wildman–Crippen MR) is 105 cm³/mol. The first-order valence-corrected chi connectivity index (χ1v) is 9.76. The van der Waals surface area contributed by atoms with Crippen molar-refractivity contribution < 1.29 is 4.79 Å². The number of nitrogens with one attached hydrogen (secondary N) is 1. The molecule has 6 heteroatoms. The quantitative estimate of drug-likeness (QED) is 0.810. The van der Waals surface area contributed by atoms with Crippen molar-refractivity contribution in [1.29, 1.82) is 5.41 Å². The molecule has 2 aromatic carbocycles. The highest BCUT2D eigenvalue weighted by Crippen LogP contribution is 2.43. The van der Waals surface area contributed by atoms with Crippen LogP contribution in [0.15, 0.2) is 70.1 Å². The summed E-state index contributed by atoms with van der Waals surface area (Å²) in [5, 5.41) is 8.55. The van der Waals surface area contributed by atoms with Crippen molar-refractivity contribution in [3.8, 4) is 0 Å². The van der Waals surface area contributed by atoms with E-state index < -0.39 is 0 Å². The Morgan fingerprint density at radius 1 is 1.08 bits per heavy atom. The molecule has 0 saturated carbocycles. The average Bonchev–Trinajstić information content (AvgIpc) is 2.91. The third kappa shape index (κ3) is 2.96. The maximum atomic E-state index is 12.9. The van der Waals surface area contributed by atoms with Gasteiger partial charge < -0.3 is 4.90 Å². The van der Waals surface area contributed by atoms with Gasteiger partial charge >= 0.3 is 0 Å². The molecule has 2 aliphatic rings. The molecular weight excluding hydrogens is 350 g/mol. The number of fused-ring (bicyclic) bond motifs is 1. The van der Waals surface area contributed by atoms with Gasteiger partial charge in [0.05, 0.1) is 12.2 Å². The maximum absolute atomic E-state index is 12.9. The predicted octanol–water partition coefficient (Wildman–Crippen LogP) is 4.15. The molecule has 0 atom stereocenters. The van der Waals surface area contributed by atoms with Crippen LogP contribution in [0, 0.1) is 5.41 Å². The highest BCUT2D eigenvalue weighted by molar-refractivity contribution is 8.18. The second-order valence-corrected chi connectivity index (χ2v) is 7.89. The van der Waals surface area contributed by atoms with E-state index in [4.69, 9.17) is 5.41 Å². The van der Waals surface area contributed by atoms with E-state index in [0.29, 0.717) is 16.6 Å². The van der Waals surface area contributed by atoms with E-state index in [1.165, 1.54) is 16.7 Å². The van der Waals surface area contributed by atoms with Crippen LogP contribution >= 0.6 is 23.5 Å². The zero-order valence-corrected chi connectivity index (χ0v) is 15.4. The number of anilines is 1. The molecule has 1 fully saturated rings. The third-order valence-corrected chi connectivity index (χ3v) is 6.43. The molecule has 0 unspecified atom stereocenters.